The van der Waals surface area contributed by atoms with E-state index in [9.17, 15) is 0 Å². The van der Waals surface area contributed by atoms with Gasteiger partial charge < -0.3 is 0 Å². The Morgan fingerprint density at radius 1 is 0.571 bits per heavy atom. The average molecular weight is 315 g/mol. The molecule has 0 bridgehead atoms. The number of unbranched alkanes of at least 4 members (excludes halogenated alkanes) is 6. The van der Waals surface area contributed by atoms with Crippen LogP contribution in [0.15, 0.2) is 0 Å². The maximum absolute atomic E-state index is 2.45. The third-order valence-electron chi connectivity index (χ3n) is 4.61. The van der Waals surface area contributed by atoms with E-state index in [0.29, 0.717) is 0 Å². The molecule has 2 atom stereocenters. The molecule has 21 heavy (non-hydrogen) atoms. The van der Waals surface area contributed by atoms with Crippen LogP contribution in [0.25, 0.3) is 0 Å². The van der Waals surface area contributed by atoms with Crippen LogP contribution < -0.4 is 0 Å². The first-order valence-corrected chi connectivity index (χ1v) is 10.9. The third kappa shape index (κ3) is 16.5. The summed E-state index contributed by atoms with van der Waals surface area (Å²) >= 11 is 2.20. The Bertz CT molecular complexity index is 170. The van der Waals surface area contributed by atoms with Gasteiger partial charge in [-0.3, -0.25) is 0 Å². The second-order valence-electron chi connectivity index (χ2n) is 7.10. The average Bonchev–Trinajstić information content (AvgIpc) is 2.48. The number of rotatable bonds is 16. The lowest BCUT2D eigenvalue weighted by atomic mass is 10.0. The van der Waals surface area contributed by atoms with Gasteiger partial charge in [-0.15, -0.1) is 0 Å². The van der Waals surface area contributed by atoms with Crippen molar-refractivity contribution in [1.29, 1.82) is 0 Å². The highest BCUT2D eigenvalue weighted by atomic mass is 32.2. The fourth-order valence-electron chi connectivity index (χ4n) is 2.80. The first kappa shape index (κ1) is 21.4. The van der Waals surface area contributed by atoms with E-state index < -0.39 is 0 Å². The van der Waals surface area contributed by atoms with Crippen LogP contribution in [0.5, 0.6) is 0 Å². The quantitative estimate of drug-likeness (QED) is 0.263. The molecule has 0 saturated carbocycles. The van der Waals surface area contributed by atoms with Crippen LogP contribution >= 0.6 is 11.8 Å². The van der Waals surface area contributed by atoms with Gasteiger partial charge in [0.15, 0.2) is 0 Å². The van der Waals surface area contributed by atoms with Crippen LogP contribution in [0.3, 0.4) is 0 Å². The van der Waals surface area contributed by atoms with E-state index in [0.717, 1.165) is 11.8 Å². The van der Waals surface area contributed by atoms with E-state index in [1.807, 2.05) is 0 Å². The minimum absolute atomic E-state index is 0.945. The summed E-state index contributed by atoms with van der Waals surface area (Å²) in [6.45, 7) is 9.49. The number of thioether (sulfide) groups is 1. The van der Waals surface area contributed by atoms with Crippen molar-refractivity contribution in [3.63, 3.8) is 0 Å². The lowest BCUT2D eigenvalue weighted by molar-refractivity contribution is 0.476. The van der Waals surface area contributed by atoms with Gasteiger partial charge in [0.1, 0.15) is 0 Å². The molecule has 0 radical (unpaired) electrons. The van der Waals surface area contributed by atoms with Crippen molar-refractivity contribution in [2.45, 2.75) is 105 Å². The van der Waals surface area contributed by atoms with Crippen molar-refractivity contribution < 1.29 is 0 Å². The van der Waals surface area contributed by atoms with Gasteiger partial charge in [-0.25, -0.2) is 0 Å². The van der Waals surface area contributed by atoms with E-state index in [-0.39, 0.29) is 0 Å². The smallest absolute Gasteiger partial charge is 0.00650 e. The van der Waals surface area contributed by atoms with Crippen molar-refractivity contribution in [2.24, 2.45) is 11.8 Å². The van der Waals surface area contributed by atoms with Gasteiger partial charge in [-0.1, -0.05) is 91.9 Å². The van der Waals surface area contributed by atoms with Gasteiger partial charge in [0, 0.05) is 0 Å². The van der Waals surface area contributed by atoms with E-state index in [4.69, 9.17) is 0 Å². The predicted octanol–water partition coefficient (Wildman–Crippen LogP) is 7.71. The van der Waals surface area contributed by atoms with Crippen molar-refractivity contribution in [3.05, 3.63) is 0 Å². The summed E-state index contributed by atoms with van der Waals surface area (Å²) < 4.78 is 0. The van der Waals surface area contributed by atoms with Crippen molar-refractivity contribution in [3.8, 4) is 0 Å². The largest absolute Gasteiger partial charge is 0.162 e. The molecule has 0 aliphatic carbocycles. The highest BCUT2D eigenvalue weighted by Gasteiger charge is 2.04. The van der Waals surface area contributed by atoms with Crippen LogP contribution in [0.1, 0.15) is 105 Å². The molecule has 0 heterocycles. The minimum atomic E-state index is 0.945. The molecular weight excluding hydrogens is 272 g/mol. The third-order valence-corrected chi connectivity index (χ3v) is 5.66. The molecule has 0 rings (SSSR count). The molecule has 0 N–H and O–H groups in total. The lowest BCUT2D eigenvalue weighted by Gasteiger charge is -2.13. The molecule has 0 spiro atoms. The monoisotopic (exact) mass is 314 g/mol. The summed E-state index contributed by atoms with van der Waals surface area (Å²) in [6, 6.07) is 0. The van der Waals surface area contributed by atoms with Crippen molar-refractivity contribution >= 4 is 11.8 Å². The summed E-state index contributed by atoms with van der Waals surface area (Å²) in [5, 5.41) is 0. The molecule has 128 valence electrons. The Kier molecular flexibility index (Phi) is 17.0. The van der Waals surface area contributed by atoms with Crippen molar-refractivity contribution in [1.82, 2.24) is 0 Å². The van der Waals surface area contributed by atoms with Crippen LogP contribution in [0, 0.1) is 11.8 Å². The number of hydrogen-bond acceptors (Lipinski definition) is 1. The summed E-state index contributed by atoms with van der Waals surface area (Å²) in [5.41, 5.74) is 0. The Morgan fingerprint density at radius 3 is 1.38 bits per heavy atom. The van der Waals surface area contributed by atoms with Crippen molar-refractivity contribution in [2.75, 3.05) is 11.5 Å². The van der Waals surface area contributed by atoms with Gasteiger partial charge in [0.05, 0.1) is 0 Å². The molecule has 0 aliphatic heterocycles. The van der Waals surface area contributed by atoms with E-state index >= 15 is 0 Å². The molecule has 0 nitrogen and oxygen atoms in total. The molecule has 1 heteroatoms. The maximum atomic E-state index is 2.45. The zero-order valence-corrected chi connectivity index (χ0v) is 16.3. The fourth-order valence-corrected chi connectivity index (χ4v) is 4.14. The molecular formula is C20H42S. The maximum Gasteiger partial charge on any atom is -0.00650 e. The van der Waals surface area contributed by atoms with Gasteiger partial charge >= 0.3 is 0 Å². The van der Waals surface area contributed by atoms with Crippen LogP contribution in [-0.4, -0.2) is 11.5 Å². The van der Waals surface area contributed by atoms with Gasteiger partial charge in [-0.2, -0.15) is 11.8 Å². The molecule has 0 saturated heterocycles. The molecule has 0 amide bonds. The zero-order chi connectivity index (χ0) is 15.8. The highest BCUT2D eigenvalue weighted by Crippen LogP contribution is 2.20. The first-order valence-electron chi connectivity index (χ1n) is 9.78. The van der Waals surface area contributed by atoms with E-state index in [1.165, 1.54) is 88.6 Å². The second-order valence-corrected chi connectivity index (χ2v) is 8.32. The molecule has 0 aliphatic rings. The summed E-state index contributed by atoms with van der Waals surface area (Å²) in [6.07, 6.45) is 17.2. The Hall–Kier alpha value is 0.350. The lowest BCUT2D eigenvalue weighted by Crippen LogP contribution is -2.00. The summed E-state index contributed by atoms with van der Waals surface area (Å²) in [5.74, 6) is 4.66. The van der Waals surface area contributed by atoms with E-state index in [2.05, 4.69) is 39.5 Å². The SMILES string of the molecule is CCCCCCC(C)CCSCCC(C)CCCCCC. The zero-order valence-electron chi connectivity index (χ0n) is 15.5. The van der Waals surface area contributed by atoms with Gasteiger partial charge in [0.25, 0.3) is 0 Å². The van der Waals surface area contributed by atoms with Crippen LogP contribution in [-0.2, 0) is 0 Å². The van der Waals surface area contributed by atoms with Crippen LogP contribution in [0.2, 0.25) is 0 Å². The Labute approximate surface area is 140 Å². The second kappa shape index (κ2) is 16.7. The fraction of sp³-hybridized carbons (Fsp3) is 1.00. The number of hydrogen-bond donors (Lipinski definition) is 0. The molecule has 0 aromatic rings. The normalized spacial score (nSPS) is 14.3. The summed E-state index contributed by atoms with van der Waals surface area (Å²) in [7, 11) is 0. The highest BCUT2D eigenvalue weighted by molar-refractivity contribution is 7.99. The predicted molar refractivity (Wildman–Crippen MR) is 102 cm³/mol. The summed E-state index contributed by atoms with van der Waals surface area (Å²) in [4.78, 5) is 0. The first-order chi connectivity index (χ1) is 10.2. The molecule has 2 unspecified atom stereocenters. The molecule has 0 fully saturated rings. The van der Waals surface area contributed by atoms with E-state index in [1.54, 1.807) is 0 Å². The standard InChI is InChI=1S/C20H42S/c1-5-7-9-11-13-19(3)15-17-21-18-16-20(4)14-12-10-8-6-2/h19-20H,5-18H2,1-4H3. The Morgan fingerprint density at radius 2 is 1.00 bits per heavy atom. The Balaban J connectivity index is 3.26. The van der Waals surface area contributed by atoms with Gasteiger partial charge in [0.2, 0.25) is 0 Å². The van der Waals surface area contributed by atoms with Gasteiger partial charge in [-0.05, 0) is 36.2 Å². The molecule has 0 aromatic carbocycles. The minimum Gasteiger partial charge on any atom is -0.162 e. The topological polar surface area (TPSA) is 0 Å². The van der Waals surface area contributed by atoms with Crippen LogP contribution in [0.4, 0.5) is 0 Å². The molecule has 0 aromatic heterocycles.